The highest BCUT2D eigenvalue weighted by atomic mass is 32.2. The van der Waals surface area contributed by atoms with Crippen molar-refractivity contribution >= 4 is 21.6 Å². The molecule has 0 spiro atoms. The molecule has 0 aliphatic heterocycles. The molecule has 0 aliphatic rings. The van der Waals surface area contributed by atoms with E-state index in [4.69, 9.17) is 10.2 Å². The molecule has 1 aromatic carbocycles. The van der Waals surface area contributed by atoms with Gasteiger partial charge in [-0.2, -0.15) is 4.31 Å². The lowest BCUT2D eigenvalue weighted by Crippen LogP contribution is -2.36. The van der Waals surface area contributed by atoms with E-state index in [0.717, 1.165) is 4.31 Å². The quantitative estimate of drug-likeness (QED) is 0.636. The van der Waals surface area contributed by atoms with E-state index in [0.29, 0.717) is 0 Å². The second kappa shape index (κ2) is 7.34. The number of nitrogens with zero attached hydrogens (tertiary/aromatic N) is 1. The Balaban J connectivity index is 3.22. The summed E-state index contributed by atoms with van der Waals surface area (Å²) in [6, 6.07) is 5.98. The van der Waals surface area contributed by atoms with Crippen molar-refractivity contribution in [2.45, 2.75) is 11.8 Å². The Kier molecular flexibility index (Phi) is 6.08. The van der Waals surface area contributed by atoms with Crippen molar-refractivity contribution in [2.24, 2.45) is 0 Å². The summed E-state index contributed by atoms with van der Waals surface area (Å²) in [4.78, 5) is 11.0. The first kappa shape index (κ1) is 16.6. The maximum Gasteiger partial charge on any atom is 0.245 e. The molecular weight excluding hydrogens is 284 g/mol. The Morgan fingerprint density at radius 2 is 1.75 bits per heavy atom. The van der Waals surface area contributed by atoms with Crippen molar-refractivity contribution < 1.29 is 23.4 Å². The fraction of sp³-hybridized carbons (Fsp3) is 0.417. The van der Waals surface area contributed by atoms with Gasteiger partial charge in [-0.1, -0.05) is 12.1 Å². The molecule has 0 fully saturated rings. The third-order valence-corrected chi connectivity index (χ3v) is 4.47. The zero-order valence-corrected chi connectivity index (χ0v) is 11.9. The third kappa shape index (κ3) is 4.01. The van der Waals surface area contributed by atoms with E-state index in [1.807, 2.05) is 0 Å². The first-order chi connectivity index (χ1) is 9.43. The molecule has 7 nitrogen and oxygen atoms in total. The van der Waals surface area contributed by atoms with Crippen LogP contribution in [0.15, 0.2) is 29.2 Å². The summed E-state index contributed by atoms with van der Waals surface area (Å²) < 4.78 is 25.9. The number of para-hydroxylation sites is 1. The molecule has 112 valence electrons. The summed E-state index contributed by atoms with van der Waals surface area (Å²) >= 11 is 0. The molecule has 0 heterocycles. The Bertz CT molecular complexity index is 553. The molecule has 0 saturated carbocycles. The molecule has 8 heteroatoms. The van der Waals surface area contributed by atoms with Crippen molar-refractivity contribution in [3.63, 3.8) is 0 Å². The molecule has 1 rings (SSSR count). The first-order valence-electron chi connectivity index (χ1n) is 6.02. The van der Waals surface area contributed by atoms with Crippen LogP contribution in [0, 0.1) is 0 Å². The molecule has 0 atom stereocenters. The minimum atomic E-state index is -3.90. The normalized spacial score (nSPS) is 11.6. The minimum absolute atomic E-state index is 0.0721. The van der Waals surface area contributed by atoms with E-state index in [2.05, 4.69) is 5.32 Å². The molecule has 0 radical (unpaired) electrons. The van der Waals surface area contributed by atoms with E-state index in [-0.39, 0.29) is 42.8 Å². The molecule has 1 amide bonds. The lowest BCUT2D eigenvalue weighted by molar-refractivity contribution is -0.114. The van der Waals surface area contributed by atoms with Crippen LogP contribution in [0.25, 0.3) is 0 Å². The second-order valence-electron chi connectivity index (χ2n) is 4.03. The number of anilines is 1. The summed E-state index contributed by atoms with van der Waals surface area (Å²) in [5.74, 6) is -0.386. The maximum atomic E-state index is 12.5. The van der Waals surface area contributed by atoms with Crippen LogP contribution in [0.4, 0.5) is 5.69 Å². The molecule has 0 unspecified atom stereocenters. The third-order valence-electron chi connectivity index (χ3n) is 2.51. The van der Waals surface area contributed by atoms with Crippen LogP contribution in [-0.4, -0.2) is 55.1 Å². The van der Waals surface area contributed by atoms with E-state index in [1.54, 1.807) is 6.07 Å². The SMILES string of the molecule is CC(=O)Nc1ccccc1S(=O)(=O)N(CCO)CCO. The van der Waals surface area contributed by atoms with Crippen molar-refractivity contribution in [1.29, 1.82) is 0 Å². The van der Waals surface area contributed by atoms with Crippen molar-refractivity contribution in [1.82, 2.24) is 4.31 Å². The van der Waals surface area contributed by atoms with Crippen molar-refractivity contribution in [2.75, 3.05) is 31.6 Å². The number of rotatable bonds is 7. The lowest BCUT2D eigenvalue weighted by atomic mass is 10.3. The fourth-order valence-electron chi connectivity index (χ4n) is 1.70. The molecule has 1 aromatic rings. The van der Waals surface area contributed by atoms with Gasteiger partial charge in [-0.15, -0.1) is 0 Å². The lowest BCUT2D eigenvalue weighted by Gasteiger charge is -2.21. The maximum absolute atomic E-state index is 12.5. The molecule has 0 aromatic heterocycles. The van der Waals surface area contributed by atoms with Crippen LogP contribution in [0.5, 0.6) is 0 Å². The summed E-state index contributed by atoms with van der Waals surface area (Å²) in [5, 5.41) is 20.3. The number of carbonyl (C=O) groups excluding carboxylic acids is 1. The minimum Gasteiger partial charge on any atom is -0.395 e. The Labute approximate surface area is 117 Å². The highest BCUT2D eigenvalue weighted by Gasteiger charge is 2.26. The highest BCUT2D eigenvalue weighted by Crippen LogP contribution is 2.24. The number of sulfonamides is 1. The van der Waals surface area contributed by atoms with Gasteiger partial charge in [-0.05, 0) is 12.1 Å². The topological polar surface area (TPSA) is 107 Å². The average Bonchev–Trinajstić information content (AvgIpc) is 2.38. The van der Waals surface area contributed by atoms with Gasteiger partial charge in [0.15, 0.2) is 0 Å². The largest absolute Gasteiger partial charge is 0.395 e. The fourth-order valence-corrected chi connectivity index (χ4v) is 3.27. The van der Waals surface area contributed by atoms with Gasteiger partial charge in [0, 0.05) is 20.0 Å². The van der Waals surface area contributed by atoms with Gasteiger partial charge in [0.2, 0.25) is 15.9 Å². The van der Waals surface area contributed by atoms with Gasteiger partial charge >= 0.3 is 0 Å². The Hall–Kier alpha value is -1.48. The molecular formula is C12H18N2O5S. The van der Waals surface area contributed by atoms with E-state index < -0.39 is 10.0 Å². The van der Waals surface area contributed by atoms with Crippen LogP contribution in [0.3, 0.4) is 0 Å². The van der Waals surface area contributed by atoms with E-state index in [9.17, 15) is 13.2 Å². The number of aliphatic hydroxyl groups excluding tert-OH is 2. The summed E-state index contributed by atoms with van der Waals surface area (Å²) in [6.07, 6.45) is 0. The number of nitrogens with one attached hydrogen (secondary N) is 1. The van der Waals surface area contributed by atoms with Crippen molar-refractivity contribution in [3.8, 4) is 0 Å². The van der Waals surface area contributed by atoms with Gasteiger partial charge in [0.25, 0.3) is 0 Å². The van der Waals surface area contributed by atoms with E-state index >= 15 is 0 Å². The average molecular weight is 302 g/mol. The first-order valence-corrected chi connectivity index (χ1v) is 7.46. The Morgan fingerprint density at radius 3 is 2.25 bits per heavy atom. The Morgan fingerprint density at radius 1 is 1.20 bits per heavy atom. The predicted octanol–water partition coefficient (Wildman–Crippen LogP) is -0.380. The predicted molar refractivity (Wildman–Crippen MR) is 73.7 cm³/mol. The zero-order valence-electron chi connectivity index (χ0n) is 11.1. The van der Waals surface area contributed by atoms with Crippen LogP contribution in [0.1, 0.15) is 6.92 Å². The van der Waals surface area contributed by atoms with Crippen molar-refractivity contribution in [3.05, 3.63) is 24.3 Å². The number of hydrogen-bond acceptors (Lipinski definition) is 5. The standard InChI is InChI=1S/C12H18N2O5S/c1-10(17)13-11-4-2-3-5-12(11)20(18,19)14(6-8-15)7-9-16/h2-5,15-16H,6-9H2,1H3,(H,13,17). The molecule has 0 bridgehead atoms. The number of aliphatic hydroxyl groups is 2. The van der Waals surface area contributed by atoms with Gasteiger partial charge in [0.05, 0.1) is 18.9 Å². The van der Waals surface area contributed by atoms with Crippen LogP contribution in [-0.2, 0) is 14.8 Å². The number of benzene rings is 1. The van der Waals surface area contributed by atoms with Gasteiger partial charge in [-0.3, -0.25) is 4.79 Å². The van der Waals surface area contributed by atoms with Crippen LogP contribution < -0.4 is 5.32 Å². The molecule has 0 aliphatic carbocycles. The van der Waals surface area contributed by atoms with Gasteiger partial charge < -0.3 is 15.5 Å². The number of carbonyl (C=O) groups is 1. The summed E-state index contributed by atoms with van der Waals surface area (Å²) in [7, 11) is -3.90. The highest BCUT2D eigenvalue weighted by molar-refractivity contribution is 7.89. The van der Waals surface area contributed by atoms with E-state index in [1.165, 1.54) is 25.1 Å². The van der Waals surface area contributed by atoms with Crippen LogP contribution in [0.2, 0.25) is 0 Å². The van der Waals surface area contributed by atoms with Gasteiger partial charge in [-0.25, -0.2) is 8.42 Å². The summed E-state index contributed by atoms with van der Waals surface area (Å²) in [5.41, 5.74) is 0.167. The second-order valence-corrected chi connectivity index (χ2v) is 5.94. The van der Waals surface area contributed by atoms with Gasteiger partial charge in [0.1, 0.15) is 4.90 Å². The summed E-state index contributed by atoms with van der Waals surface area (Å²) in [6.45, 7) is 0.306. The van der Waals surface area contributed by atoms with Crippen LogP contribution >= 0.6 is 0 Å². The molecule has 20 heavy (non-hydrogen) atoms. The number of amides is 1. The molecule has 0 saturated heterocycles. The smallest absolute Gasteiger partial charge is 0.245 e. The number of hydrogen-bond donors (Lipinski definition) is 3. The zero-order chi connectivity index (χ0) is 15.2. The molecule has 3 N–H and O–H groups in total. The monoisotopic (exact) mass is 302 g/mol.